The third-order valence-electron chi connectivity index (χ3n) is 1.60. The second-order valence-electron chi connectivity index (χ2n) is 3.03. The molecular formula is C10H13I2Ru-. The number of halogens is 2. The van der Waals surface area contributed by atoms with Gasteiger partial charge in [0.05, 0.1) is 0 Å². The number of hydrogen-bond donors (Lipinski definition) is 0. The number of benzene rings is 1. The van der Waals surface area contributed by atoms with Gasteiger partial charge in [0.15, 0.2) is 0 Å². The van der Waals surface area contributed by atoms with E-state index in [4.69, 9.17) is 0 Å². The van der Waals surface area contributed by atoms with Crippen LogP contribution in [0.3, 0.4) is 0 Å². The molecule has 0 aliphatic heterocycles. The topological polar surface area (TPSA) is 0 Å². The van der Waals surface area contributed by atoms with Crippen LogP contribution in [0.4, 0.5) is 0 Å². The predicted molar refractivity (Wildman–Crippen MR) is 72.1 cm³/mol. The van der Waals surface area contributed by atoms with Gasteiger partial charge in [-0.1, -0.05) is 20.8 Å². The predicted octanol–water partition coefficient (Wildman–Crippen LogP) is 4.69. The average molecular weight is 488 g/mol. The van der Waals surface area contributed by atoms with Gasteiger partial charge in [-0.05, 0) is 5.92 Å². The third-order valence-corrected chi connectivity index (χ3v) is 1.60. The summed E-state index contributed by atoms with van der Waals surface area (Å²) >= 11 is 4.73. The first-order chi connectivity index (χ1) is 6.11. The summed E-state index contributed by atoms with van der Waals surface area (Å²) in [4.78, 5) is 0. The van der Waals surface area contributed by atoms with Crippen molar-refractivity contribution in [1.82, 2.24) is 0 Å². The second-order valence-corrected chi connectivity index (χ2v) is 16.4. The first-order valence-corrected chi connectivity index (χ1v) is 14.3. The molecule has 1 rings (SSSR count). The number of aryl methyl sites for hydroxylation is 1. The van der Waals surface area contributed by atoms with Gasteiger partial charge in [-0.3, -0.25) is 0 Å². The first kappa shape index (κ1) is 14.3. The molecule has 0 radical (unpaired) electrons. The molecule has 3 heteroatoms. The molecule has 0 saturated carbocycles. The van der Waals surface area contributed by atoms with Crippen LogP contribution in [0.5, 0.6) is 0 Å². The van der Waals surface area contributed by atoms with E-state index < -0.39 is 0 Å². The Morgan fingerprint density at radius 2 is 1.92 bits per heavy atom. The molecule has 0 saturated heterocycles. The summed E-state index contributed by atoms with van der Waals surface area (Å²) in [7, 11) is 0.650. The summed E-state index contributed by atoms with van der Waals surface area (Å²) < 4.78 is 0. The van der Waals surface area contributed by atoms with Crippen LogP contribution in [-0.2, 0) is 10.1 Å². The van der Waals surface area contributed by atoms with Gasteiger partial charge in [0.1, 0.15) is 0 Å². The molecule has 0 fully saturated rings. The van der Waals surface area contributed by atoms with Gasteiger partial charge in [0.25, 0.3) is 0 Å². The summed E-state index contributed by atoms with van der Waals surface area (Å²) in [5.41, 5.74) is 2.63. The van der Waals surface area contributed by atoms with E-state index >= 15 is 0 Å². The maximum absolute atomic E-state index is 3.21. The van der Waals surface area contributed by atoms with Crippen LogP contribution < -0.4 is 0 Å². The second kappa shape index (κ2) is 8.60. The number of rotatable bonds is 1. The van der Waals surface area contributed by atoms with Crippen LogP contribution in [0.2, 0.25) is 0 Å². The molecule has 0 spiro atoms. The van der Waals surface area contributed by atoms with Crippen molar-refractivity contribution >= 4 is 39.5 Å². The molecule has 0 amide bonds. The van der Waals surface area contributed by atoms with Gasteiger partial charge in [-0.25, -0.2) is 0 Å². The molecule has 76 valence electrons. The van der Waals surface area contributed by atoms with Gasteiger partial charge >= 0.3 is 49.6 Å². The zero-order valence-electron chi connectivity index (χ0n) is 7.92. The minimum atomic E-state index is 0.597. The van der Waals surface area contributed by atoms with E-state index in [2.05, 4.69) is 78.5 Å². The molecule has 13 heavy (non-hydrogen) atoms. The zero-order chi connectivity index (χ0) is 10.3. The molecule has 0 atom stereocenters. The van der Waals surface area contributed by atoms with Crippen molar-refractivity contribution in [3.05, 3.63) is 35.4 Å². The minimum absolute atomic E-state index is 0.597. The van der Waals surface area contributed by atoms with Gasteiger partial charge < -0.3 is 0 Å². The first-order valence-electron chi connectivity index (χ1n) is 3.95. The van der Waals surface area contributed by atoms with Gasteiger partial charge in [0, 0.05) is 0 Å². The third kappa shape index (κ3) is 7.26. The van der Waals surface area contributed by atoms with E-state index in [1.807, 2.05) is 6.07 Å². The molecule has 0 aliphatic carbocycles. The fourth-order valence-corrected chi connectivity index (χ4v) is 0.938. The summed E-state index contributed by atoms with van der Waals surface area (Å²) in [6.07, 6.45) is 0. The fraction of sp³-hybridized carbons (Fsp3) is 0.400. The quantitative estimate of drug-likeness (QED) is 0.306. The van der Waals surface area contributed by atoms with E-state index in [1.54, 1.807) is 0 Å². The molecule has 1 aromatic carbocycles. The fourth-order valence-electron chi connectivity index (χ4n) is 0.938. The molecular weight excluding hydrogens is 475 g/mol. The molecule has 0 N–H and O–H groups in total. The Labute approximate surface area is 110 Å². The Balaban J connectivity index is 0.000000424. The van der Waals surface area contributed by atoms with Crippen molar-refractivity contribution in [3.63, 3.8) is 0 Å². The summed E-state index contributed by atoms with van der Waals surface area (Å²) in [6, 6.07) is 9.46. The Morgan fingerprint density at radius 1 is 1.38 bits per heavy atom. The van der Waals surface area contributed by atoms with Crippen LogP contribution in [0.1, 0.15) is 30.9 Å². The Bertz CT molecular complexity index is 236. The standard InChI is InChI=1S/C10H13.2HI.Ru/c1-8(2)10-6-4-5-9(3)7-10;;;/h4-5,7-8H,1-3H3;2*1H;/q-1;;;+2/p-2. The van der Waals surface area contributed by atoms with E-state index in [1.165, 1.54) is 11.1 Å². The maximum atomic E-state index is 3.21. The van der Waals surface area contributed by atoms with E-state index in [0.29, 0.717) is 16.0 Å². The van der Waals surface area contributed by atoms with E-state index in [0.717, 1.165) is 0 Å². The van der Waals surface area contributed by atoms with Crippen LogP contribution in [0.15, 0.2) is 18.2 Å². The van der Waals surface area contributed by atoms with Gasteiger partial charge in [-0.15, -0.1) is 0 Å². The Morgan fingerprint density at radius 3 is 2.23 bits per heavy atom. The SMILES string of the molecule is Cc1cc[c-]c(C(C)C)c1.[I][Ru][I]. The normalized spacial score (nSPS) is 9.69. The van der Waals surface area contributed by atoms with Crippen molar-refractivity contribution in [2.24, 2.45) is 0 Å². The van der Waals surface area contributed by atoms with Crippen molar-refractivity contribution in [2.45, 2.75) is 26.7 Å². The molecule has 0 unspecified atom stereocenters. The zero-order valence-corrected chi connectivity index (χ0v) is 14.0. The molecule has 0 nitrogen and oxygen atoms in total. The van der Waals surface area contributed by atoms with Crippen LogP contribution in [0.25, 0.3) is 0 Å². The van der Waals surface area contributed by atoms with Crippen molar-refractivity contribution < 1.29 is 10.1 Å². The summed E-state index contributed by atoms with van der Waals surface area (Å²) in [5.74, 6) is 0.597. The van der Waals surface area contributed by atoms with Crippen molar-refractivity contribution in [1.29, 1.82) is 0 Å². The van der Waals surface area contributed by atoms with Crippen LogP contribution in [-0.4, -0.2) is 0 Å². The summed E-state index contributed by atoms with van der Waals surface area (Å²) in [5, 5.41) is 0. The van der Waals surface area contributed by atoms with Crippen molar-refractivity contribution in [2.75, 3.05) is 0 Å². The van der Waals surface area contributed by atoms with Gasteiger partial charge in [-0.2, -0.15) is 35.4 Å². The van der Waals surface area contributed by atoms with Crippen molar-refractivity contribution in [3.8, 4) is 0 Å². The molecule has 0 aromatic heterocycles. The Hall–Kier alpha value is 1.30. The van der Waals surface area contributed by atoms with E-state index in [9.17, 15) is 0 Å². The summed E-state index contributed by atoms with van der Waals surface area (Å²) in [6.45, 7) is 6.48. The van der Waals surface area contributed by atoms with Crippen LogP contribution in [0, 0.1) is 13.0 Å². The number of hydrogen-bond acceptors (Lipinski definition) is 0. The molecule has 0 heterocycles. The monoisotopic (exact) mass is 489 g/mol. The average Bonchev–Trinajstić information content (AvgIpc) is 2.05. The van der Waals surface area contributed by atoms with Gasteiger partial charge in [0.2, 0.25) is 0 Å². The Kier molecular flexibility index (Phi) is 9.46. The molecule has 1 aromatic rings. The molecule has 0 aliphatic rings. The van der Waals surface area contributed by atoms with Crippen LogP contribution >= 0.6 is 39.5 Å². The van der Waals surface area contributed by atoms with E-state index in [-0.39, 0.29) is 0 Å². The molecule has 0 bridgehead atoms.